The number of hydrogen-bond donors (Lipinski definition) is 1. The molecule has 0 aromatic heterocycles. The lowest BCUT2D eigenvalue weighted by Gasteiger charge is -2.27. The fourth-order valence-electron chi connectivity index (χ4n) is 4.18. The normalized spacial score (nSPS) is 14.2. The molecule has 4 rings (SSSR count). The lowest BCUT2D eigenvalue weighted by Crippen LogP contribution is -2.21. The third-order valence-corrected chi connectivity index (χ3v) is 6.04. The minimum absolute atomic E-state index is 0.0154. The van der Waals surface area contributed by atoms with Crippen molar-refractivity contribution in [2.75, 3.05) is 20.3 Å². The molecule has 1 unspecified atom stereocenters. The van der Waals surface area contributed by atoms with Gasteiger partial charge in [-0.1, -0.05) is 39.0 Å². The van der Waals surface area contributed by atoms with Crippen LogP contribution >= 0.6 is 0 Å². The molecule has 1 aliphatic heterocycles. The molecule has 1 atom stereocenters. The Morgan fingerprint density at radius 3 is 2.59 bits per heavy atom. The topological polar surface area (TPSA) is 113 Å². The van der Waals surface area contributed by atoms with Crippen LogP contribution in [0.1, 0.15) is 54.6 Å². The summed E-state index contributed by atoms with van der Waals surface area (Å²) in [5.74, 6) is 1.72. The van der Waals surface area contributed by atoms with Gasteiger partial charge in [-0.15, -0.1) is 0 Å². The van der Waals surface area contributed by atoms with E-state index in [0.717, 1.165) is 12.0 Å². The summed E-state index contributed by atoms with van der Waals surface area (Å²) in [7, 11) is 1.57. The molecule has 3 aromatic carbocycles. The number of rotatable bonds is 10. The van der Waals surface area contributed by atoms with E-state index in [1.165, 1.54) is 0 Å². The molecule has 3 aromatic rings. The van der Waals surface area contributed by atoms with Gasteiger partial charge in [0.2, 0.25) is 5.88 Å². The zero-order valence-corrected chi connectivity index (χ0v) is 22.5. The standard InChI is InChI=1S/C31H32N2O6/c1-5-13-36-22-8-6-7-21(14-22)31(34)38-23-10-11-24-27(16-23)39-30(33)25(17-32)29(24)20-9-12-26(28(15-20)35-4)37-18-19(2)3/h6-12,14-16,19,29H,5,13,18,33H2,1-4H3. The van der Waals surface area contributed by atoms with Gasteiger partial charge < -0.3 is 29.4 Å². The van der Waals surface area contributed by atoms with Crippen LogP contribution in [0.25, 0.3) is 0 Å². The van der Waals surface area contributed by atoms with Crippen LogP contribution in [0, 0.1) is 17.2 Å². The van der Waals surface area contributed by atoms with Gasteiger partial charge in [-0.2, -0.15) is 5.26 Å². The first-order valence-electron chi connectivity index (χ1n) is 12.8. The Balaban J connectivity index is 1.63. The van der Waals surface area contributed by atoms with Crippen molar-refractivity contribution in [1.29, 1.82) is 5.26 Å². The number of ether oxygens (including phenoxy) is 5. The Hall–Kier alpha value is -4.64. The monoisotopic (exact) mass is 528 g/mol. The minimum Gasteiger partial charge on any atom is -0.494 e. The molecule has 8 nitrogen and oxygen atoms in total. The maximum Gasteiger partial charge on any atom is 0.343 e. The number of carbonyl (C=O) groups excluding carboxylic acids is 1. The highest BCUT2D eigenvalue weighted by Crippen LogP contribution is 2.45. The first-order valence-corrected chi connectivity index (χ1v) is 12.8. The highest BCUT2D eigenvalue weighted by molar-refractivity contribution is 5.91. The summed E-state index contributed by atoms with van der Waals surface area (Å²) in [4.78, 5) is 12.8. The summed E-state index contributed by atoms with van der Waals surface area (Å²) in [6, 6.07) is 19.6. The molecule has 0 saturated carbocycles. The van der Waals surface area contributed by atoms with Crippen molar-refractivity contribution in [3.63, 3.8) is 0 Å². The number of carbonyl (C=O) groups is 1. The van der Waals surface area contributed by atoms with E-state index < -0.39 is 11.9 Å². The van der Waals surface area contributed by atoms with Crippen molar-refractivity contribution in [3.05, 3.63) is 88.8 Å². The molecule has 0 radical (unpaired) electrons. The van der Waals surface area contributed by atoms with Gasteiger partial charge in [0.1, 0.15) is 28.9 Å². The Morgan fingerprint density at radius 2 is 1.87 bits per heavy atom. The second-order valence-corrected chi connectivity index (χ2v) is 9.51. The van der Waals surface area contributed by atoms with Crippen LogP contribution in [-0.4, -0.2) is 26.3 Å². The third kappa shape index (κ3) is 6.27. The number of hydrogen-bond acceptors (Lipinski definition) is 8. The van der Waals surface area contributed by atoms with Gasteiger partial charge in [-0.05, 0) is 54.3 Å². The molecule has 0 aliphatic carbocycles. The second kappa shape index (κ2) is 12.3. The molecule has 0 saturated heterocycles. The molecule has 8 heteroatoms. The van der Waals surface area contributed by atoms with Crippen LogP contribution in [0.2, 0.25) is 0 Å². The van der Waals surface area contributed by atoms with Crippen molar-refractivity contribution in [3.8, 4) is 34.8 Å². The molecule has 0 bridgehead atoms. The van der Waals surface area contributed by atoms with Crippen LogP contribution in [0.5, 0.6) is 28.7 Å². The fourth-order valence-corrected chi connectivity index (χ4v) is 4.18. The van der Waals surface area contributed by atoms with E-state index in [1.54, 1.807) is 49.6 Å². The maximum atomic E-state index is 12.8. The maximum absolute atomic E-state index is 12.8. The molecule has 1 heterocycles. The summed E-state index contributed by atoms with van der Waals surface area (Å²) in [5, 5.41) is 9.92. The molecular weight excluding hydrogens is 496 g/mol. The van der Waals surface area contributed by atoms with E-state index >= 15 is 0 Å². The summed E-state index contributed by atoms with van der Waals surface area (Å²) in [6.07, 6.45) is 0.860. The number of nitrogens with zero attached hydrogens (tertiary/aromatic N) is 1. The smallest absolute Gasteiger partial charge is 0.343 e. The molecule has 0 spiro atoms. The van der Waals surface area contributed by atoms with Crippen LogP contribution in [0.15, 0.2) is 72.1 Å². The highest BCUT2D eigenvalue weighted by atomic mass is 16.5. The average molecular weight is 529 g/mol. The van der Waals surface area contributed by atoms with Gasteiger partial charge >= 0.3 is 5.97 Å². The lowest BCUT2D eigenvalue weighted by molar-refractivity contribution is 0.0734. The Kier molecular flexibility index (Phi) is 8.62. The third-order valence-electron chi connectivity index (χ3n) is 6.04. The summed E-state index contributed by atoms with van der Waals surface area (Å²) >= 11 is 0. The van der Waals surface area contributed by atoms with Crippen molar-refractivity contribution in [2.24, 2.45) is 11.7 Å². The van der Waals surface area contributed by atoms with Crippen molar-refractivity contribution < 1.29 is 28.5 Å². The van der Waals surface area contributed by atoms with Gasteiger partial charge in [0.25, 0.3) is 0 Å². The minimum atomic E-state index is -0.535. The van der Waals surface area contributed by atoms with E-state index in [1.807, 2.05) is 25.1 Å². The molecular formula is C31H32N2O6. The average Bonchev–Trinajstić information content (AvgIpc) is 2.94. The van der Waals surface area contributed by atoms with Crippen molar-refractivity contribution in [2.45, 2.75) is 33.1 Å². The summed E-state index contributed by atoms with van der Waals surface area (Å²) in [5.41, 5.74) is 8.28. The lowest BCUT2D eigenvalue weighted by atomic mass is 9.83. The number of allylic oxidation sites excluding steroid dienone is 1. The molecule has 0 fully saturated rings. The largest absolute Gasteiger partial charge is 0.494 e. The number of nitriles is 1. The summed E-state index contributed by atoms with van der Waals surface area (Å²) < 4.78 is 28.5. The van der Waals surface area contributed by atoms with E-state index in [4.69, 9.17) is 29.4 Å². The van der Waals surface area contributed by atoms with E-state index in [0.29, 0.717) is 53.3 Å². The fraction of sp³-hybridized carbons (Fsp3) is 0.290. The molecule has 1 aliphatic rings. The number of nitrogens with two attached hydrogens (primary N) is 1. The van der Waals surface area contributed by atoms with E-state index in [9.17, 15) is 10.1 Å². The summed E-state index contributed by atoms with van der Waals surface area (Å²) in [6.45, 7) is 7.25. The van der Waals surface area contributed by atoms with Crippen molar-refractivity contribution in [1.82, 2.24) is 0 Å². The van der Waals surface area contributed by atoms with Crippen LogP contribution in [0.4, 0.5) is 0 Å². The quantitative estimate of drug-likeness (QED) is 0.253. The van der Waals surface area contributed by atoms with Crippen molar-refractivity contribution >= 4 is 5.97 Å². The Labute approximate surface area is 228 Å². The second-order valence-electron chi connectivity index (χ2n) is 9.51. The predicted octanol–water partition coefficient (Wildman–Crippen LogP) is 5.96. The zero-order chi connectivity index (χ0) is 27.9. The number of fused-ring (bicyclic) bond motifs is 1. The Morgan fingerprint density at radius 1 is 1.05 bits per heavy atom. The van der Waals surface area contributed by atoms with Gasteiger partial charge in [-0.3, -0.25) is 0 Å². The van der Waals surface area contributed by atoms with Gasteiger partial charge in [-0.25, -0.2) is 4.79 Å². The van der Waals surface area contributed by atoms with Crippen LogP contribution in [0.3, 0.4) is 0 Å². The van der Waals surface area contributed by atoms with Crippen LogP contribution in [-0.2, 0) is 0 Å². The first-order chi connectivity index (χ1) is 18.8. The number of benzene rings is 3. The van der Waals surface area contributed by atoms with Gasteiger partial charge in [0, 0.05) is 11.6 Å². The van der Waals surface area contributed by atoms with E-state index in [-0.39, 0.29) is 17.2 Å². The molecule has 39 heavy (non-hydrogen) atoms. The first kappa shape index (κ1) is 27.4. The SMILES string of the molecule is CCCOc1cccc(C(=O)Oc2ccc3c(c2)OC(N)=C(C#N)C3c2ccc(OCC(C)C)c(OC)c2)c1. The van der Waals surface area contributed by atoms with Gasteiger partial charge in [0.05, 0.1) is 31.8 Å². The molecule has 0 amide bonds. The van der Waals surface area contributed by atoms with Crippen LogP contribution < -0.4 is 29.4 Å². The number of esters is 1. The predicted molar refractivity (Wildman–Crippen MR) is 146 cm³/mol. The van der Waals surface area contributed by atoms with E-state index in [2.05, 4.69) is 19.9 Å². The Bertz CT molecular complexity index is 1420. The number of methoxy groups -OCH3 is 1. The molecule has 2 N–H and O–H groups in total. The van der Waals surface area contributed by atoms with Gasteiger partial charge in [0.15, 0.2) is 11.5 Å². The molecule has 202 valence electrons. The zero-order valence-electron chi connectivity index (χ0n) is 22.5. The highest BCUT2D eigenvalue weighted by Gasteiger charge is 2.32.